The second kappa shape index (κ2) is 27.5. The molecule has 1 fully saturated rings. The Morgan fingerprint density at radius 1 is 0.659 bits per heavy atom. The summed E-state index contributed by atoms with van der Waals surface area (Å²) in [4.78, 5) is 26.7. The number of carboxylic acid groups (broad SMARTS) is 1. The number of nitrogens with zero attached hydrogens (tertiary/aromatic N) is 2. The third kappa shape index (κ3) is 22.9. The number of esters is 1. The largest absolute Gasteiger partial charge is 0.469 e. The van der Waals surface area contributed by atoms with Gasteiger partial charge < -0.3 is 19.6 Å². The molecule has 1 heterocycles. The van der Waals surface area contributed by atoms with Gasteiger partial charge in [0.2, 0.25) is 0 Å². The Morgan fingerprint density at radius 2 is 1.07 bits per heavy atom. The second-order valence-electron chi connectivity index (χ2n) is 12.7. The highest BCUT2D eigenvalue weighted by Gasteiger charge is 2.22. The second-order valence-corrected chi connectivity index (χ2v) is 12.7. The van der Waals surface area contributed by atoms with Gasteiger partial charge in [0.25, 0.3) is 0 Å². The molecule has 1 aliphatic rings. The molecular weight excluding hydrogens is 512 g/mol. The fourth-order valence-electron chi connectivity index (χ4n) is 6.23. The molecule has 0 atom stereocenters. The van der Waals surface area contributed by atoms with Crippen LogP contribution in [0.4, 0.5) is 4.79 Å². The normalized spacial score (nSPS) is 14.2. The third-order valence-corrected chi connectivity index (χ3v) is 9.15. The molecule has 242 valence electrons. The quantitative estimate of drug-likeness (QED) is 0.0736. The zero-order chi connectivity index (χ0) is 29.8. The highest BCUT2D eigenvalue weighted by Crippen LogP contribution is 2.21. The van der Waals surface area contributed by atoms with Crippen LogP contribution in [0.25, 0.3) is 0 Å². The molecule has 1 rings (SSSR count). The Morgan fingerprint density at radius 3 is 1.49 bits per heavy atom. The molecule has 0 aromatic heterocycles. The Balaban J connectivity index is 2.15. The Bertz CT molecular complexity index is 607. The fraction of sp³-hybridized carbons (Fsp3) is 0.943. The Labute approximate surface area is 254 Å². The lowest BCUT2D eigenvalue weighted by Crippen LogP contribution is -2.38. The molecule has 1 aliphatic heterocycles. The van der Waals surface area contributed by atoms with Crippen molar-refractivity contribution < 1.29 is 19.4 Å². The lowest BCUT2D eigenvalue weighted by Gasteiger charge is -2.31. The molecule has 0 aliphatic carbocycles. The van der Waals surface area contributed by atoms with Crippen LogP contribution in [0.5, 0.6) is 0 Å². The van der Waals surface area contributed by atoms with E-state index in [1.54, 1.807) is 4.90 Å². The molecule has 0 spiro atoms. The minimum Gasteiger partial charge on any atom is -0.469 e. The summed E-state index contributed by atoms with van der Waals surface area (Å²) in [6.07, 6.45) is 31.1. The summed E-state index contributed by atoms with van der Waals surface area (Å²) >= 11 is 0. The standard InChI is InChI=1S/C35H68N2O4/c1-3-4-5-6-7-8-9-10-13-16-19-22-28-36(30-25-33-26-31-37(32-27-33)35(39)40)29-23-20-17-14-11-12-15-18-21-24-34(38)41-2/h33H,3-32H2,1-2H3,(H,39,40). The molecule has 0 unspecified atom stereocenters. The van der Waals surface area contributed by atoms with E-state index in [1.807, 2.05) is 0 Å². The molecule has 6 nitrogen and oxygen atoms in total. The zero-order valence-corrected chi connectivity index (χ0v) is 27.4. The predicted octanol–water partition coefficient (Wildman–Crippen LogP) is 9.84. The summed E-state index contributed by atoms with van der Waals surface area (Å²) in [5.74, 6) is 0.601. The summed E-state index contributed by atoms with van der Waals surface area (Å²) in [5, 5.41) is 9.24. The Hall–Kier alpha value is -1.30. The van der Waals surface area contributed by atoms with E-state index in [-0.39, 0.29) is 5.97 Å². The van der Waals surface area contributed by atoms with Crippen LogP contribution in [-0.4, -0.2) is 66.8 Å². The van der Waals surface area contributed by atoms with Gasteiger partial charge in [-0.3, -0.25) is 4.79 Å². The van der Waals surface area contributed by atoms with Crippen LogP contribution in [0, 0.1) is 5.92 Å². The molecule has 0 saturated carbocycles. The van der Waals surface area contributed by atoms with Crippen molar-refractivity contribution in [2.45, 2.75) is 167 Å². The van der Waals surface area contributed by atoms with Crippen LogP contribution in [0.3, 0.4) is 0 Å². The molecule has 0 bridgehead atoms. The van der Waals surface area contributed by atoms with Crippen molar-refractivity contribution in [3.63, 3.8) is 0 Å². The minimum atomic E-state index is -0.754. The van der Waals surface area contributed by atoms with Crippen LogP contribution in [0.1, 0.15) is 167 Å². The topological polar surface area (TPSA) is 70.1 Å². The number of rotatable bonds is 28. The van der Waals surface area contributed by atoms with Gasteiger partial charge in [0.05, 0.1) is 7.11 Å². The molecule has 1 amide bonds. The highest BCUT2D eigenvalue weighted by atomic mass is 16.5. The average Bonchev–Trinajstić information content (AvgIpc) is 2.98. The molecule has 0 aromatic carbocycles. The average molecular weight is 581 g/mol. The van der Waals surface area contributed by atoms with Crippen molar-refractivity contribution in [3.8, 4) is 0 Å². The van der Waals surface area contributed by atoms with Crippen molar-refractivity contribution in [3.05, 3.63) is 0 Å². The SMILES string of the molecule is CCCCCCCCCCCCCCN(CCCCCCCCCCCC(=O)OC)CCC1CCN(C(=O)O)CC1. The summed E-state index contributed by atoms with van der Waals surface area (Å²) in [6, 6.07) is 0. The molecule has 1 saturated heterocycles. The molecule has 0 radical (unpaired) electrons. The van der Waals surface area contributed by atoms with Gasteiger partial charge in [-0.25, -0.2) is 4.79 Å². The number of likely N-dealkylation sites (tertiary alicyclic amines) is 1. The first-order valence-corrected chi connectivity index (χ1v) is 17.8. The molecular formula is C35H68N2O4. The van der Waals surface area contributed by atoms with Crippen molar-refractivity contribution in [2.24, 2.45) is 5.92 Å². The maximum Gasteiger partial charge on any atom is 0.407 e. The van der Waals surface area contributed by atoms with Crippen molar-refractivity contribution in [1.82, 2.24) is 9.80 Å². The van der Waals surface area contributed by atoms with Crippen molar-refractivity contribution in [2.75, 3.05) is 39.8 Å². The van der Waals surface area contributed by atoms with Crippen LogP contribution < -0.4 is 0 Å². The van der Waals surface area contributed by atoms with E-state index in [4.69, 9.17) is 4.74 Å². The predicted molar refractivity (Wildman–Crippen MR) is 173 cm³/mol. The van der Waals surface area contributed by atoms with Crippen LogP contribution >= 0.6 is 0 Å². The van der Waals surface area contributed by atoms with E-state index >= 15 is 0 Å². The number of hydrogen-bond acceptors (Lipinski definition) is 4. The van der Waals surface area contributed by atoms with Gasteiger partial charge in [-0.2, -0.15) is 0 Å². The van der Waals surface area contributed by atoms with Crippen LogP contribution in [-0.2, 0) is 9.53 Å². The summed E-state index contributed by atoms with van der Waals surface area (Å²) in [6.45, 7) is 7.35. The number of ether oxygens (including phenoxy) is 1. The van der Waals surface area contributed by atoms with Gasteiger partial charge in [-0.15, -0.1) is 0 Å². The van der Waals surface area contributed by atoms with E-state index in [1.165, 1.54) is 155 Å². The number of methoxy groups -OCH3 is 1. The number of amides is 1. The van der Waals surface area contributed by atoms with E-state index < -0.39 is 6.09 Å². The lowest BCUT2D eigenvalue weighted by atomic mass is 9.93. The molecule has 0 aromatic rings. The number of carbonyl (C=O) groups excluding carboxylic acids is 1. The first-order chi connectivity index (χ1) is 20.1. The van der Waals surface area contributed by atoms with Gasteiger partial charge in [0.15, 0.2) is 0 Å². The van der Waals surface area contributed by atoms with Crippen LogP contribution in [0.15, 0.2) is 0 Å². The van der Waals surface area contributed by atoms with E-state index in [9.17, 15) is 14.7 Å². The molecule has 1 N–H and O–H groups in total. The highest BCUT2D eigenvalue weighted by molar-refractivity contribution is 5.68. The molecule has 6 heteroatoms. The van der Waals surface area contributed by atoms with E-state index in [2.05, 4.69) is 11.8 Å². The van der Waals surface area contributed by atoms with Gasteiger partial charge in [0, 0.05) is 19.5 Å². The first-order valence-electron chi connectivity index (χ1n) is 17.8. The van der Waals surface area contributed by atoms with Crippen molar-refractivity contribution in [1.29, 1.82) is 0 Å². The summed E-state index contributed by atoms with van der Waals surface area (Å²) in [5.41, 5.74) is 0. The lowest BCUT2D eigenvalue weighted by molar-refractivity contribution is -0.140. The summed E-state index contributed by atoms with van der Waals surface area (Å²) in [7, 11) is 1.47. The van der Waals surface area contributed by atoms with E-state index in [0.717, 1.165) is 25.7 Å². The van der Waals surface area contributed by atoms with Gasteiger partial charge in [-0.1, -0.05) is 122 Å². The summed E-state index contributed by atoms with van der Waals surface area (Å²) < 4.78 is 4.70. The zero-order valence-electron chi connectivity index (χ0n) is 27.4. The maximum atomic E-state index is 11.2. The van der Waals surface area contributed by atoms with Gasteiger partial charge in [-0.05, 0) is 64.1 Å². The minimum absolute atomic E-state index is 0.0820. The maximum absolute atomic E-state index is 11.2. The first kappa shape index (κ1) is 37.7. The number of carbonyl (C=O) groups is 2. The third-order valence-electron chi connectivity index (χ3n) is 9.15. The van der Waals surface area contributed by atoms with Crippen LogP contribution in [0.2, 0.25) is 0 Å². The van der Waals surface area contributed by atoms with E-state index in [0.29, 0.717) is 25.4 Å². The number of piperidine rings is 1. The monoisotopic (exact) mass is 581 g/mol. The van der Waals surface area contributed by atoms with Gasteiger partial charge >= 0.3 is 12.1 Å². The smallest absolute Gasteiger partial charge is 0.407 e. The Kier molecular flexibility index (Phi) is 25.3. The van der Waals surface area contributed by atoms with Crippen molar-refractivity contribution >= 4 is 12.1 Å². The van der Waals surface area contributed by atoms with Gasteiger partial charge in [0.1, 0.15) is 0 Å². The fourth-order valence-corrected chi connectivity index (χ4v) is 6.23. The number of hydrogen-bond donors (Lipinski definition) is 1. The number of unbranched alkanes of at least 4 members (excludes halogenated alkanes) is 19. The molecule has 41 heavy (non-hydrogen) atoms.